The van der Waals surface area contributed by atoms with Crippen molar-refractivity contribution in [3.05, 3.63) is 78.9 Å². The zero-order valence-corrected chi connectivity index (χ0v) is 23.9. The first kappa shape index (κ1) is 26.7. The third kappa shape index (κ3) is 4.86. The SMILES string of the molecule is CC(C)(C#N)c1ccc(-n2c3c4cc(-c5ccc(NC(=O)CN6CCOCC6)nc5)ccc4ncc3n3cnnc23)cc1. The van der Waals surface area contributed by atoms with Crippen LogP contribution in [-0.4, -0.2) is 72.8 Å². The van der Waals surface area contributed by atoms with Crippen molar-refractivity contribution >= 4 is 39.4 Å². The average Bonchev–Trinajstić information content (AvgIpc) is 3.63. The molecule has 4 aromatic heterocycles. The van der Waals surface area contributed by atoms with Gasteiger partial charge in [-0.2, -0.15) is 5.26 Å². The summed E-state index contributed by atoms with van der Waals surface area (Å²) in [7, 11) is 0. The van der Waals surface area contributed by atoms with Crippen molar-refractivity contribution < 1.29 is 9.53 Å². The molecule has 0 unspecified atom stereocenters. The summed E-state index contributed by atoms with van der Waals surface area (Å²) in [6, 6.07) is 20.3. The lowest BCUT2D eigenvalue weighted by atomic mass is 9.86. The van der Waals surface area contributed by atoms with Gasteiger partial charge in [-0.3, -0.25) is 23.6 Å². The summed E-state index contributed by atoms with van der Waals surface area (Å²) in [6.07, 6.45) is 5.30. The Morgan fingerprint density at radius 3 is 2.56 bits per heavy atom. The number of nitrogens with one attached hydrogen (secondary N) is 1. The van der Waals surface area contributed by atoms with E-state index in [0.717, 1.165) is 57.4 Å². The number of carbonyl (C=O) groups excluding carboxylic acids is 1. The topological polar surface area (TPSA) is 126 Å². The van der Waals surface area contributed by atoms with Crippen LogP contribution >= 0.6 is 0 Å². The third-order valence-electron chi connectivity index (χ3n) is 8.00. The van der Waals surface area contributed by atoms with Gasteiger partial charge in [-0.25, -0.2) is 4.98 Å². The summed E-state index contributed by atoms with van der Waals surface area (Å²) in [6.45, 7) is 6.93. The van der Waals surface area contributed by atoms with Crippen molar-refractivity contribution in [2.75, 3.05) is 38.2 Å². The Balaban J connectivity index is 1.25. The highest BCUT2D eigenvalue weighted by atomic mass is 16.5. The van der Waals surface area contributed by atoms with Crippen molar-refractivity contribution in [3.8, 4) is 22.9 Å². The molecule has 11 heteroatoms. The van der Waals surface area contributed by atoms with Crippen molar-refractivity contribution in [2.24, 2.45) is 0 Å². The molecule has 1 fully saturated rings. The number of pyridine rings is 2. The average molecular weight is 572 g/mol. The Kier molecular flexibility index (Phi) is 6.57. The Morgan fingerprint density at radius 2 is 1.81 bits per heavy atom. The number of hydrogen-bond acceptors (Lipinski definition) is 8. The second-order valence-corrected chi connectivity index (χ2v) is 11.2. The predicted molar refractivity (Wildman–Crippen MR) is 163 cm³/mol. The molecule has 6 aromatic rings. The molecule has 1 aliphatic heterocycles. The summed E-state index contributed by atoms with van der Waals surface area (Å²) in [4.78, 5) is 23.8. The lowest BCUT2D eigenvalue weighted by Gasteiger charge is -2.25. The molecule has 1 amide bonds. The van der Waals surface area contributed by atoms with Gasteiger partial charge in [-0.15, -0.1) is 10.2 Å². The third-order valence-corrected chi connectivity index (χ3v) is 8.00. The van der Waals surface area contributed by atoms with Gasteiger partial charge in [-0.1, -0.05) is 18.2 Å². The second-order valence-electron chi connectivity index (χ2n) is 11.2. The molecule has 1 aliphatic rings. The normalized spacial score (nSPS) is 14.3. The van der Waals surface area contributed by atoms with Crippen molar-refractivity contribution in [2.45, 2.75) is 19.3 Å². The lowest BCUT2D eigenvalue weighted by Crippen LogP contribution is -2.41. The Hall–Kier alpha value is -5.18. The zero-order chi connectivity index (χ0) is 29.6. The van der Waals surface area contributed by atoms with E-state index in [1.165, 1.54) is 0 Å². The molecule has 5 heterocycles. The highest BCUT2D eigenvalue weighted by Crippen LogP contribution is 2.33. The molecule has 0 saturated carbocycles. The summed E-state index contributed by atoms with van der Waals surface area (Å²) >= 11 is 0. The lowest BCUT2D eigenvalue weighted by molar-refractivity contribution is -0.118. The van der Waals surface area contributed by atoms with E-state index >= 15 is 0 Å². The van der Waals surface area contributed by atoms with E-state index in [2.05, 4.69) is 42.1 Å². The first-order valence-electron chi connectivity index (χ1n) is 14.1. The minimum Gasteiger partial charge on any atom is -0.379 e. The number of carbonyl (C=O) groups is 1. The van der Waals surface area contributed by atoms with Gasteiger partial charge in [0.05, 0.1) is 54.0 Å². The quantitative estimate of drug-likeness (QED) is 0.313. The van der Waals surface area contributed by atoms with Crippen molar-refractivity contribution in [3.63, 3.8) is 0 Å². The number of nitriles is 1. The molecule has 11 nitrogen and oxygen atoms in total. The fourth-order valence-electron chi connectivity index (χ4n) is 5.53. The number of anilines is 1. The maximum Gasteiger partial charge on any atom is 0.241 e. The van der Waals surface area contributed by atoms with Crippen molar-refractivity contribution in [1.29, 1.82) is 5.26 Å². The largest absolute Gasteiger partial charge is 0.379 e. The number of amides is 1. The Morgan fingerprint density at radius 1 is 1.02 bits per heavy atom. The highest BCUT2D eigenvalue weighted by molar-refractivity contribution is 6.06. The maximum absolute atomic E-state index is 12.5. The Labute approximate surface area is 247 Å². The number of fused-ring (bicyclic) bond motifs is 5. The number of nitrogens with zero attached hydrogens (tertiary/aromatic N) is 8. The van der Waals surface area contributed by atoms with E-state index in [9.17, 15) is 10.1 Å². The van der Waals surface area contributed by atoms with E-state index in [-0.39, 0.29) is 5.91 Å². The van der Waals surface area contributed by atoms with E-state index in [4.69, 9.17) is 9.72 Å². The van der Waals surface area contributed by atoms with Crippen LogP contribution in [0.5, 0.6) is 0 Å². The van der Waals surface area contributed by atoms with Gasteiger partial charge in [0, 0.05) is 35.9 Å². The van der Waals surface area contributed by atoms with Gasteiger partial charge in [0.25, 0.3) is 0 Å². The fourth-order valence-corrected chi connectivity index (χ4v) is 5.53. The number of imidazole rings is 1. The van der Waals surface area contributed by atoms with Gasteiger partial charge >= 0.3 is 0 Å². The zero-order valence-electron chi connectivity index (χ0n) is 23.9. The van der Waals surface area contributed by atoms with Gasteiger partial charge in [0.15, 0.2) is 0 Å². The van der Waals surface area contributed by atoms with E-state index in [1.54, 1.807) is 12.5 Å². The monoisotopic (exact) mass is 571 g/mol. The summed E-state index contributed by atoms with van der Waals surface area (Å²) in [5, 5.41) is 22.0. The molecule has 0 bridgehead atoms. The number of benzene rings is 2. The standard InChI is InChI=1S/C32H29N9O2/c1-32(2,19-33)23-5-7-24(8-6-23)41-30-25-15-21(3-9-26(25)34-17-27(30)40-20-36-38-31(40)41)22-4-10-28(35-16-22)37-29(42)18-39-11-13-43-14-12-39/h3-10,15-17,20H,11-14,18H2,1-2H3,(H,35,37,42). The first-order chi connectivity index (χ1) is 20.9. The minimum atomic E-state index is -0.595. The highest BCUT2D eigenvalue weighted by Gasteiger charge is 2.22. The number of morpholine rings is 1. The first-order valence-corrected chi connectivity index (χ1v) is 14.1. The van der Waals surface area contributed by atoms with Crippen LogP contribution in [0, 0.1) is 11.3 Å². The van der Waals surface area contributed by atoms with Gasteiger partial charge in [0.1, 0.15) is 12.1 Å². The van der Waals surface area contributed by atoms with Gasteiger partial charge < -0.3 is 10.1 Å². The van der Waals surface area contributed by atoms with Crippen LogP contribution in [0.2, 0.25) is 0 Å². The number of aromatic nitrogens is 6. The smallest absolute Gasteiger partial charge is 0.241 e. The summed E-state index contributed by atoms with van der Waals surface area (Å²) < 4.78 is 9.36. The van der Waals surface area contributed by atoms with Gasteiger partial charge in [0.2, 0.25) is 11.7 Å². The van der Waals surface area contributed by atoms with Crippen molar-refractivity contribution in [1.82, 2.24) is 34.0 Å². The van der Waals surface area contributed by atoms with Crippen LogP contribution in [0.25, 0.3) is 44.5 Å². The molecule has 1 saturated heterocycles. The molecular formula is C32H29N9O2. The Bertz CT molecular complexity index is 2010. The van der Waals surface area contributed by atoms with Crippen LogP contribution in [0.4, 0.5) is 5.82 Å². The minimum absolute atomic E-state index is 0.0918. The second kappa shape index (κ2) is 10.6. The molecule has 7 rings (SSSR count). The number of rotatable bonds is 6. The number of ether oxygens (including phenoxy) is 1. The predicted octanol–water partition coefficient (Wildman–Crippen LogP) is 4.36. The maximum atomic E-state index is 12.5. The van der Waals surface area contributed by atoms with Crippen LogP contribution < -0.4 is 5.32 Å². The molecule has 0 aliphatic carbocycles. The molecule has 0 atom stereocenters. The van der Waals surface area contributed by atoms with Crippen LogP contribution in [0.1, 0.15) is 19.4 Å². The van der Waals surface area contributed by atoms with Crippen LogP contribution in [0.15, 0.2) is 73.3 Å². The van der Waals surface area contributed by atoms with Gasteiger partial charge in [-0.05, 0) is 61.4 Å². The molecule has 0 radical (unpaired) electrons. The molecule has 43 heavy (non-hydrogen) atoms. The molecule has 2 aromatic carbocycles. The summed E-state index contributed by atoms with van der Waals surface area (Å²) in [5.41, 5.74) is 5.80. The van der Waals surface area contributed by atoms with Crippen LogP contribution in [0.3, 0.4) is 0 Å². The van der Waals surface area contributed by atoms with E-state index in [0.29, 0.717) is 31.4 Å². The fraction of sp³-hybridized carbons (Fsp3) is 0.250. The molecule has 1 N–H and O–H groups in total. The molecule has 214 valence electrons. The molecule has 0 spiro atoms. The molecular weight excluding hydrogens is 542 g/mol. The van der Waals surface area contributed by atoms with Crippen LogP contribution in [-0.2, 0) is 14.9 Å². The summed E-state index contributed by atoms with van der Waals surface area (Å²) in [5.74, 6) is 1.09. The van der Waals surface area contributed by atoms with E-state index < -0.39 is 5.41 Å². The number of hydrogen-bond donors (Lipinski definition) is 1. The van der Waals surface area contributed by atoms with E-state index in [1.807, 2.05) is 73.0 Å².